The van der Waals surface area contributed by atoms with Gasteiger partial charge in [0.1, 0.15) is 6.04 Å². The number of hydrogen-bond acceptors (Lipinski definition) is 2. The summed E-state index contributed by atoms with van der Waals surface area (Å²) in [4.78, 5) is 23.9. The van der Waals surface area contributed by atoms with Crippen LogP contribution in [0.5, 0.6) is 0 Å². The standard InChI is InChI=1S/C19H20F3NO3/c1-12(2)9-16(17(24)25)23(18(26)19(20,21)22)11-13-7-8-14-5-3-4-6-15(14)10-13/h3-8,10,12,16H,9,11H2,1-2H3,(H,24,25). The SMILES string of the molecule is CC(C)CC(C(=O)O)N(Cc1ccc2ccccc2c1)C(=O)C(F)(F)F. The van der Waals surface area contributed by atoms with E-state index in [1.165, 1.54) is 0 Å². The first kappa shape index (κ1) is 19.8. The smallest absolute Gasteiger partial charge is 0.471 e. The molecule has 0 aromatic heterocycles. The molecule has 0 aliphatic heterocycles. The summed E-state index contributed by atoms with van der Waals surface area (Å²) in [5, 5.41) is 11.1. The fourth-order valence-electron chi connectivity index (χ4n) is 2.83. The van der Waals surface area contributed by atoms with Gasteiger partial charge < -0.3 is 10.0 Å². The molecule has 2 aromatic rings. The van der Waals surface area contributed by atoms with E-state index < -0.39 is 30.6 Å². The van der Waals surface area contributed by atoms with Crippen LogP contribution in [0.1, 0.15) is 25.8 Å². The summed E-state index contributed by atoms with van der Waals surface area (Å²) in [6.45, 7) is 2.97. The number of rotatable bonds is 6. The minimum absolute atomic E-state index is 0.0647. The Labute approximate surface area is 149 Å². The van der Waals surface area contributed by atoms with E-state index >= 15 is 0 Å². The zero-order chi connectivity index (χ0) is 19.5. The molecule has 1 atom stereocenters. The van der Waals surface area contributed by atoms with Crippen molar-refractivity contribution in [3.63, 3.8) is 0 Å². The van der Waals surface area contributed by atoms with E-state index in [9.17, 15) is 27.9 Å². The monoisotopic (exact) mass is 367 g/mol. The third kappa shape index (κ3) is 4.74. The molecular formula is C19H20F3NO3. The summed E-state index contributed by atoms with van der Waals surface area (Å²) in [6.07, 6.45) is -5.20. The zero-order valence-corrected chi connectivity index (χ0v) is 14.5. The van der Waals surface area contributed by atoms with Gasteiger partial charge in [0, 0.05) is 6.54 Å². The predicted octanol–water partition coefficient (Wildman–Crippen LogP) is 4.23. The van der Waals surface area contributed by atoms with E-state index in [1.807, 2.05) is 12.1 Å². The summed E-state index contributed by atoms with van der Waals surface area (Å²) < 4.78 is 39.1. The fraction of sp³-hybridized carbons (Fsp3) is 0.368. The number of carboxylic acid groups (broad SMARTS) is 1. The average Bonchev–Trinajstić information content (AvgIpc) is 2.56. The molecule has 1 N–H and O–H groups in total. The third-order valence-electron chi connectivity index (χ3n) is 4.03. The van der Waals surface area contributed by atoms with Crippen molar-refractivity contribution in [1.29, 1.82) is 0 Å². The van der Waals surface area contributed by atoms with Crippen LogP contribution >= 0.6 is 0 Å². The van der Waals surface area contributed by atoms with Crippen LogP contribution in [0, 0.1) is 5.92 Å². The normalized spacial score (nSPS) is 13.0. The first-order valence-electron chi connectivity index (χ1n) is 8.18. The van der Waals surface area contributed by atoms with Crippen molar-refractivity contribution in [2.75, 3.05) is 0 Å². The van der Waals surface area contributed by atoms with Crippen LogP contribution in [0.3, 0.4) is 0 Å². The molecule has 1 amide bonds. The molecule has 26 heavy (non-hydrogen) atoms. The van der Waals surface area contributed by atoms with E-state index in [1.54, 1.807) is 44.2 Å². The fourth-order valence-corrected chi connectivity index (χ4v) is 2.83. The number of amides is 1. The maximum absolute atomic E-state index is 13.0. The van der Waals surface area contributed by atoms with E-state index in [0.717, 1.165) is 10.8 Å². The molecule has 7 heteroatoms. The second-order valence-electron chi connectivity index (χ2n) is 6.60. The predicted molar refractivity (Wildman–Crippen MR) is 91.4 cm³/mol. The average molecular weight is 367 g/mol. The molecule has 4 nitrogen and oxygen atoms in total. The highest BCUT2D eigenvalue weighted by Gasteiger charge is 2.46. The zero-order valence-electron chi connectivity index (χ0n) is 14.5. The Morgan fingerprint density at radius 1 is 1.08 bits per heavy atom. The Bertz CT molecular complexity index is 802. The van der Waals surface area contributed by atoms with Crippen LogP contribution in [0.4, 0.5) is 13.2 Å². The number of halogens is 3. The lowest BCUT2D eigenvalue weighted by atomic mass is 10.0. The van der Waals surface area contributed by atoms with Gasteiger partial charge in [-0.1, -0.05) is 50.2 Å². The number of carbonyl (C=O) groups is 2. The molecule has 2 aromatic carbocycles. The number of fused-ring (bicyclic) bond motifs is 1. The molecule has 0 fully saturated rings. The van der Waals surface area contributed by atoms with Gasteiger partial charge in [0.15, 0.2) is 0 Å². The maximum Gasteiger partial charge on any atom is 0.471 e. The van der Waals surface area contributed by atoms with Crippen LogP contribution in [0.25, 0.3) is 10.8 Å². The van der Waals surface area contributed by atoms with Crippen molar-refractivity contribution in [2.45, 2.75) is 39.0 Å². The Morgan fingerprint density at radius 3 is 2.23 bits per heavy atom. The number of hydrogen-bond donors (Lipinski definition) is 1. The third-order valence-corrected chi connectivity index (χ3v) is 4.03. The molecule has 0 heterocycles. The Morgan fingerprint density at radius 2 is 1.69 bits per heavy atom. The van der Waals surface area contributed by atoms with Gasteiger partial charge in [-0.25, -0.2) is 4.79 Å². The van der Waals surface area contributed by atoms with Gasteiger partial charge in [0.25, 0.3) is 0 Å². The van der Waals surface area contributed by atoms with Gasteiger partial charge in [0.05, 0.1) is 0 Å². The molecular weight excluding hydrogens is 347 g/mol. The summed E-state index contributed by atoms with van der Waals surface area (Å²) in [5.41, 5.74) is 0.441. The van der Waals surface area contributed by atoms with Crippen molar-refractivity contribution in [3.8, 4) is 0 Å². The van der Waals surface area contributed by atoms with Crippen molar-refractivity contribution < 1.29 is 27.9 Å². The lowest BCUT2D eigenvalue weighted by molar-refractivity contribution is -0.191. The molecule has 0 saturated carbocycles. The Kier molecular flexibility index (Phi) is 5.90. The number of alkyl halides is 3. The summed E-state index contributed by atoms with van der Waals surface area (Å²) in [6, 6.07) is 10.8. The molecule has 0 saturated heterocycles. The number of benzene rings is 2. The first-order valence-corrected chi connectivity index (χ1v) is 8.18. The molecule has 2 rings (SSSR count). The highest BCUT2D eigenvalue weighted by Crippen LogP contribution is 2.25. The topological polar surface area (TPSA) is 57.6 Å². The summed E-state index contributed by atoms with van der Waals surface area (Å²) >= 11 is 0. The lowest BCUT2D eigenvalue weighted by Crippen LogP contribution is -2.50. The Balaban J connectivity index is 2.41. The van der Waals surface area contributed by atoms with E-state index in [4.69, 9.17) is 0 Å². The first-order chi connectivity index (χ1) is 12.1. The molecule has 140 valence electrons. The molecule has 0 radical (unpaired) electrons. The minimum Gasteiger partial charge on any atom is -0.480 e. The number of aliphatic carboxylic acids is 1. The second-order valence-corrected chi connectivity index (χ2v) is 6.60. The second kappa shape index (κ2) is 7.76. The highest BCUT2D eigenvalue weighted by molar-refractivity contribution is 5.87. The summed E-state index contributed by atoms with van der Waals surface area (Å²) in [5.74, 6) is -3.77. The van der Waals surface area contributed by atoms with Crippen LogP contribution in [0.15, 0.2) is 42.5 Å². The van der Waals surface area contributed by atoms with Crippen LogP contribution in [-0.2, 0) is 16.1 Å². The van der Waals surface area contributed by atoms with Gasteiger partial charge in [0.2, 0.25) is 0 Å². The Hall–Kier alpha value is -2.57. The van der Waals surface area contributed by atoms with Gasteiger partial charge >= 0.3 is 18.1 Å². The lowest BCUT2D eigenvalue weighted by Gasteiger charge is -2.30. The highest BCUT2D eigenvalue weighted by atomic mass is 19.4. The number of nitrogens with zero attached hydrogens (tertiary/aromatic N) is 1. The molecule has 0 spiro atoms. The van der Waals surface area contributed by atoms with Crippen molar-refractivity contribution in [3.05, 3.63) is 48.0 Å². The molecule has 0 aliphatic rings. The van der Waals surface area contributed by atoms with Crippen LogP contribution in [-0.4, -0.2) is 34.1 Å². The quantitative estimate of drug-likeness (QED) is 0.831. The van der Waals surface area contributed by atoms with Crippen LogP contribution in [0.2, 0.25) is 0 Å². The van der Waals surface area contributed by atoms with Crippen molar-refractivity contribution in [2.24, 2.45) is 5.92 Å². The number of carboxylic acids is 1. The van der Waals surface area contributed by atoms with E-state index in [2.05, 4.69) is 0 Å². The minimum atomic E-state index is -5.14. The van der Waals surface area contributed by atoms with E-state index in [-0.39, 0.29) is 12.3 Å². The van der Waals surface area contributed by atoms with Crippen molar-refractivity contribution in [1.82, 2.24) is 4.90 Å². The van der Waals surface area contributed by atoms with Gasteiger partial charge in [-0.2, -0.15) is 13.2 Å². The largest absolute Gasteiger partial charge is 0.480 e. The number of carbonyl (C=O) groups excluding carboxylic acids is 1. The summed E-state index contributed by atoms with van der Waals surface area (Å²) in [7, 11) is 0. The van der Waals surface area contributed by atoms with Gasteiger partial charge in [-0.15, -0.1) is 0 Å². The maximum atomic E-state index is 13.0. The molecule has 1 unspecified atom stereocenters. The van der Waals surface area contributed by atoms with Crippen LogP contribution < -0.4 is 0 Å². The molecule has 0 bridgehead atoms. The molecule has 0 aliphatic carbocycles. The van der Waals surface area contributed by atoms with Crippen molar-refractivity contribution >= 4 is 22.6 Å². The van der Waals surface area contributed by atoms with Gasteiger partial charge in [-0.05, 0) is 34.7 Å². The van der Waals surface area contributed by atoms with Gasteiger partial charge in [-0.3, -0.25) is 4.79 Å². The van der Waals surface area contributed by atoms with E-state index in [0.29, 0.717) is 10.5 Å².